The summed E-state index contributed by atoms with van der Waals surface area (Å²) in [4.78, 5) is 0. The number of unbranched alkanes of at least 4 members (excludes halogenated alkanes) is 1. The van der Waals surface area contributed by atoms with Crippen molar-refractivity contribution in [3.63, 3.8) is 0 Å². The van der Waals surface area contributed by atoms with Crippen LogP contribution in [0.1, 0.15) is 43.5 Å². The summed E-state index contributed by atoms with van der Waals surface area (Å²) < 4.78 is 1.85. The first-order valence-corrected chi connectivity index (χ1v) is 7.80. The van der Waals surface area contributed by atoms with Crippen molar-refractivity contribution in [3.8, 4) is 17.5 Å². The summed E-state index contributed by atoms with van der Waals surface area (Å²) in [6.45, 7) is 5.94. The van der Waals surface area contributed by atoms with Crippen molar-refractivity contribution >= 4 is 11.7 Å². The minimum absolute atomic E-state index is 0.0702. The zero-order valence-corrected chi connectivity index (χ0v) is 14.2. The lowest BCUT2D eigenvalue weighted by molar-refractivity contribution is 0.846. The molecule has 0 aliphatic heterocycles. The van der Waals surface area contributed by atoms with E-state index in [-0.39, 0.29) is 5.96 Å². The molecule has 24 heavy (non-hydrogen) atoms. The molecule has 0 atom stereocenters. The second-order valence-electron chi connectivity index (χ2n) is 5.36. The second kappa shape index (κ2) is 7.97. The van der Waals surface area contributed by atoms with Gasteiger partial charge in [-0.15, -0.1) is 5.10 Å². The SMILES string of the molecule is CCCC#Cc1ccc(-n2ncc(/C(C)=N/N=C(N)N)c2C)cc1. The Bertz CT molecular complexity index is 811. The average Bonchev–Trinajstić information content (AvgIpc) is 2.95. The van der Waals surface area contributed by atoms with Crippen molar-refractivity contribution < 1.29 is 0 Å². The summed E-state index contributed by atoms with van der Waals surface area (Å²) in [6.07, 6.45) is 3.74. The molecule has 0 fully saturated rings. The van der Waals surface area contributed by atoms with Crippen LogP contribution >= 0.6 is 0 Å². The van der Waals surface area contributed by atoms with Crippen molar-refractivity contribution in [2.75, 3.05) is 0 Å². The normalized spacial score (nSPS) is 10.9. The number of rotatable bonds is 4. The number of aromatic nitrogens is 2. The first-order chi connectivity index (χ1) is 11.5. The van der Waals surface area contributed by atoms with E-state index in [1.54, 1.807) is 6.20 Å². The van der Waals surface area contributed by atoms with E-state index in [2.05, 4.69) is 34.1 Å². The van der Waals surface area contributed by atoms with Crippen molar-refractivity contribution in [1.82, 2.24) is 9.78 Å². The zero-order valence-electron chi connectivity index (χ0n) is 14.2. The van der Waals surface area contributed by atoms with Crippen LogP contribution in [0.4, 0.5) is 0 Å². The van der Waals surface area contributed by atoms with Gasteiger partial charge in [0, 0.05) is 17.5 Å². The Balaban J connectivity index is 2.27. The van der Waals surface area contributed by atoms with Gasteiger partial charge in [0.05, 0.1) is 23.3 Å². The molecule has 0 unspecified atom stereocenters. The molecule has 0 saturated heterocycles. The summed E-state index contributed by atoms with van der Waals surface area (Å²) in [7, 11) is 0. The molecule has 6 nitrogen and oxygen atoms in total. The van der Waals surface area contributed by atoms with Crippen molar-refractivity contribution in [2.45, 2.75) is 33.6 Å². The van der Waals surface area contributed by atoms with Crippen LogP contribution in [-0.2, 0) is 0 Å². The van der Waals surface area contributed by atoms with Crippen LogP contribution in [0, 0.1) is 18.8 Å². The highest BCUT2D eigenvalue weighted by atomic mass is 15.3. The summed E-state index contributed by atoms with van der Waals surface area (Å²) >= 11 is 0. The van der Waals surface area contributed by atoms with Crippen molar-refractivity contribution in [3.05, 3.63) is 47.3 Å². The lowest BCUT2D eigenvalue weighted by Crippen LogP contribution is -2.22. The fraction of sp³-hybridized carbons (Fsp3) is 0.278. The van der Waals surface area contributed by atoms with Gasteiger partial charge in [0.1, 0.15) is 0 Å². The number of hydrogen-bond donors (Lipinski definition) is 2. The van der Waals surface area contributed by atoms with Gasteiger partial charge in [0.2, 0.25) is 5.96 Å². The highest BCUT2D eigenvalue weighted by Gasteiger charge is 2.10. The smallest absolute Gasteiger partial charge is 0.211 e. The largest absolute Gasteiger partial charge is 0.369 e. The zero-order chi connectivity index (χ0) is 17.5. The monoisotopic (exact) mass is 322 g/mol. The summed E-state index contributed by atoms with van der Waals surface area (Å²) in [5, 5.41) is 12.1. The molecule has 0 radical (unpaired) electrons. The van der Waals surface area contributed by atoms with Gasteiger partial charge in [-0.25, -0.2) is 4.68 Å². The molecule has 2 rings (SSSR count). The Morgan fingerprint density at radius 3 is 2.54 bits per heavy atom. The average molecular weight is 322 g/mol. The molecule has 0 saturated carbocycles. The molecule has 1 heterocycles. The molecule has 1 aromatic carbocycles. The second-order valence-corrected chi connectivity index (χ2v) is 5.36. The maximum Gasteiger partial charge on any atom is 0.211 e. The molecule has 1 aromatic heterocycles. The van der Waals surface area contributed by atoms with Crippen LogP contribution in [-0.4, -0.2) is 21.5 Å². The van der Waals surface area contributed by atoms with E-state index in [9.17, 15) is 0 Å². The molecule has 6 heteroatoms. The minimum atomic E-state index is -0.0702. The molecule has 0 aliphatic carbocycles. The molecule has 124 valence electrons. The summed E-state index contributed by atoms with van der Waals surface area (Å²) in [6, 6.07) is 8.00. The molecule has 0 spiro atoms. The van der Waals surface area contributed by atoms with E-state index in [0.717, 1.165) is 35.3 Å². The molecule has 4 N–H and O–H groups in total. The van der Waals surface area contributed by atoms with E-state index in [1.165, 1.54) is 0 Å². The Morgan fingerprint density at radius 1 is 1.21 bits per heavy atom. The van der Waals surface area contributed by atoms with Crippen molar-refractivity contribution in [1.29, 1.82) is 0 Å². The number of hydrogen-bond acceptors (Lipinski definition) is 3. The van der Waals surface area contributed by atoms with Crippen LogP contribution in [0.2, 0.25) is 0 Å². The summed E-state index contributed by atoms with van der Waals surface area (Å²) in [5.74, 6) is 6.23. The van der Waals surface area contributed by atoms with Crippen LogP contribution < -0.4 is 11.5 Å². The van der Waals surface area contributed by atoms with E-state index in [4.69, 9.17) is 11.5 Å². The number of guanidine groups is 1. The standard InChI is InChI=1S/C18H22N6/c1-4-5-6-7-15-8-10-16(11-9-15)24-14(3)17(12-21-24)13(2)22-23-18(19)20/h8-12H,4-5H2,1-3H3,(H4,19,20,23)/b22-13+. The van der Waals surface area contributed by atoms with Gasteiger partial charge in [0.25, 0.3) is 0 Å². The fourth-order valence-corrected chi connectivity index (χ4v) is 2.19. The molecular weight excluding hydrogens is 300 g/mol. The minimum Gasteiger partial charge on any atom is -0.369 e. The van der Waals surface area contributed by atoms with Crippen LogP contribution in [0.15, 0.2) is 40.7 Å². The van der Waals surface area contributed by atoms with Gasteiger partial charge in [-0.1, -0.05) is 18.8 Å². The van der Waals surface area contributed by atoms with Gasteiger partial charge < -0.3 is 11.5 Å². The summed E-state index contributed by atoms with van der Waals surface area (Å²) in [5.41, 5.74) is 15.1. The maximum absolute atomic E-state index is 5.30. The third-order valence-electron chi connectivity index (χ3n) is 3.43. The van der Waals surface area contributed by atoms with E-state index in [1.807, 2.05) is 42.8 Å². The lowest BCUT2D eigenvalue weighted by atomic mass is 10.1. The number of benzene rings is 1. The molecule has 0 aliphatic rings. The fourth-order valence-electron chi connectivity index (χ4n) is 2.19. The van der Waals surface area contributed by atoms with Crippen LogP contribution in [0.25, 0.3) is 5.69 Å². The predicted molar refractivity (Wildman–Crippen MR) is 98.1 cm³/mol. The van der Waals surface area contributed by atoms with Gasteiger partial charge in [-0.05, 0) is 44.5 Å². The van der Waals surface area contributed by atoms with E-state index < -0.39 is 0 Å². The van der Waals surface area contributed by atoms with Crippen LogP contribution in [0.3, 0.4) is 0 Å². The Labute approximate surface area is 142 Å². The van der Waals surface area contributed by atoms with Gasteiger partial charge in [-0.3, -0.25) is 0 Å². The molecule has 0 bridgehead atoms. The molecule has 0 amide bonds. The maximum atomic E-state index is 5.30. The van der Waals surface area contributed by atoms with E-state index >= 15 is 0 Å². The first kappa shape index (κ1) is 17.3. The van der Waals surface area contributed by atoms with E-state index in [0.29, 0.717) is 5.71 Å². The third kappa shape index (κ3) is 4.23. The lowest BCUT2D eigenvalue weighted by Gasteiger charge is -2.05. The number of nitrogens with two attached hydrogens (primary N) is 2. The highest BCUT2D eigenvalue weighted by molar-refractivity contribution is 5.99. The Kier molecular flexibility index (Phi) is 5.74. The van der Waals surface area contributed by atoms with Gasteiger partial charge >= 0.3 is 0 Å². The Hall–Kier alpha value is -3.07. The molecule has 2 aromatic rings. The highest BCUT2D eigenvalue weighted by Crippen LogP contribution is 2.15. The van der Waals surface area contributed by atoms with Gasteiger partial charge in [-0.2, -0.15) is 10.2 Å². The topological polar surface area (TPSA) is 94.6 Å². The Morgan fingerprint density at radius 2 is 1.92 bits per heavy atom. The van der Waals surface area contributed by atoms with Gasteiger partial charge in [0.15, 0.2) is 0 Å². The predicted octanol–water partition coefficient (Wildman–Crippen LogP) is 2.33. The van der Waals surface area contributed by atoms with Crippen LogP contribution in [0.5, 0.6) is 0 Å². The first-order valence-electron chi connectivity index (χ1n) is 7.80. The quantitative estimate of drug-likeness (QED) is 0.391. The number of nitrogens with zero attached hydrogens (tertiary/aromatic N) is 4. The van der Waals surface area contributed by atoms with Crippen molar-refractivity contribution in [2.24, 2.45) is 21.7 Å². The molecular formula is C18H22N6. The third-order valence-corrected chi connectivity index (χ3v) is 3.43.